The maximum absolute atomic E-state index is 5.86. The molecule has 1 saturated carbocycles. The van der Waals surface area contributed by atoms with E-state index in [4.69, 9.17) is 10.7 Å². The van der Waals surface area contributed by atoms with Crippen molar-refractivity contribution in [3.63, 3.8) is 0 Å². The largest absolute Gasteiger partial charge is 0.399 e. The molecule has 1 heterocycles. The Morgan fingerprint density at radius 2 is 2.05 bits per heavy atom. The molecule has 2 N–H and O–H groups in total. The summed E-state index contributed by atoms with van der Waals surface area (Å²) in [7, 11) is 0. The fraction of sp³-hybridized carbons (Fsp3) is 0.588. The molecule has 1 fully saturated rings. The molecule has 0 amide bonds. The molecule has 2 aromatic rings. The normalized spacial score (nSPS) is 23.2. The third-order valence-electron chi connectivity index (χ3n) is 4.59. The summed E-state index contributed by atoms with van der Waals surface area (Å²) in [5.41, 5.74) is 7.82. The van der Waals surface area contributed by atoms with E-state index in [2.05, 4.69) is 19.1 Å². The molecule has 0 bridgehead atoms. The molecule has 0 spiro atoms. The van der Waals surface area contributed by atoms with Gasteiger partial charge in [0.15, 0.2) is 0 Å². The van der Waals surface area contributed by atoms with Crippen LogP contribution in [0.5, 0.6) is 0 Å². The first-order chi connectivity index (χ1) is 9.76. The minimum absolute atomic E-state index is 0.687. The lowest BCUT2D eigenvalue weighted by atomic mass is 9.80. The van der Waals surface area contributed by atoms with E-state index in [0.717, 1.165) is 17.1 Å². The van der Waals surface area contributed by atoms with Crippen molar-refractivity contribution < 1.29 is 0 Å². The summed E-state index contributed by atoms with van der Waals surface area (Å²) < 4.78 is 1.24. The average Bonchev–Trinajstić information content (AvgIpc) is 2.88. The Balaban J connectivity index is 1.67. The van der Waals surface area contributed by atoms with Crippen LogP contribution < -0.4 is 5.73 Å². The molecule has 1 aromatic heterocycles. The van der Waals surface area contributed by atoms with Gasteiger partial charge < -0.3 is 5.73 Å². The Morgan fingerprint density at radius 3 is 2.80 bits per heavy atom. The van der Waals surface area contributed by atoms with E-state index in [1.807, 2.05) is 17.4 Å². The number of hydrogen-bond donors (Lipinski definition) is 1. The minimum atomic E-state index is 0.687. The molecule has 2 nitrogen and oxygen atoms in total. The predicted octanol–water partition coefficient (Wildman–Crippen LogP) is 5.34. The fourth-order valence-corrected chi connectivity index (χ4v) is 4.51. The lowest BCUT2D eigenvalue weighted by Gasteiger charge is -2.27. The van der Waals surface area contributed by atoms with Crippen LogP contribution in [0, 0.1) is 5.92 Å². The molecule has 3 heteroatoms. The van der Waals surface area contributed by atoms with Gasteiger partial charge in [0, 0.05) is 11.6 Å². The lowest BCUT2D eigenvalue weighted by molar-refractivity contribution is 0.304. The third kappa shape index (κ3) is 2.98. The molecular formula is C17H24N2S. The van der Waals surface area contributed by atoms with Gasteiger partial charge in [-0.1, -0.05) is 26.2 Å². The van der Waals surface area contributed by atoms with Crippen molar-refractivity contribution in [3.05, 3.63) is 23.2 Å². The number of unbranched alkanes of at least 4 members (excludes halogenated alkanes) is 1. The highest BCUT2D eigenvalue weighted by atomic mass is 32.1. The summed E-state index contributed by atoms with van der Waals surface area (Å²) in [5.74, 6) is 1.66. The van der Waals surface area contributed by atoms with Crippen molar-refractivity contribution in [2.24, 2.45) is 5.92 Å². The number of aromatic nitrogens is 1. The van der Waals surface area contributed by atoms with Crippen LogP contribution in [-0.4, -0.2) is 4.98 Å². The number of rotatable bonds is 4. The molecule has 1 aliphatic rings. The van der Waals surface area contributed by atoms with Crippen LogP contribution in [0.1, 0.15) is 62.8 Å². The van der Waals surface area contributed by atoms with Gasteiger partial charge in [0.2, 0.25) is 0 Å². The molecule has 0 radical (unpaired) electrons. The van der Waals surface area contributed by atoms with Gasteiger partial charge in [-0.3, -0.25) is 0 Å². The molecule has 0 saturated heterocycles. The Kier molecular flexibility index (Phi) is 4.25. The summed E-state index contributed by atoms with van der Waals surface area (Å²) in [5, 5.41) is 1.33. The monoisotopic (exact) mass is 288 g/mol. The molecule has 1 aliphatic carbocycles. The van der Waals surface area contributed by atoms with Crippen LogP contribution in [0.15, 0.2) is 18.2 Å². The summed E-state index contributed by atoms with van der Waals surface area (Å²) in [6.45, 7) is 2.29. The van der Waals surface area contributed by atoms with Crippen LogP contribution in [0.25, 0.3) is 10.2 Å². The molecule has 3 rings (SSSR count). The van der Waals surface area contributed by atoms with Gasteiger partial charge >= 0.3 is 0 Å². The van der Waals surface area contributed by atoms with Gasteiger partial charge in [-0.05, 0) is 49.8 Å². The zero-order chi connectivity index (χ0) is 13.9. The summed E-state index contributed by atoms with van der Waals surface area (Å²) in [6, 6.07) is 6.06. The van der Waals surface area contributed by atoms with Gasteiger partial charge in [-0.2, -0.15) is 0 Å². The summed E-state index contributed by atoms with van der Waals surface area (Å²) in [4.78, 5) is 4.83. The molecule has 20 heavy (non-hydrogen) atoms. The van der Waals surface area contributed by atoms with E-state index in [0.29, 0.717) is 5.92 Å². The number of anilines is 1. The van der Waals surface area contributed by atoms with Crippen molar-refractivity contribution in [2.75, 3.05) is 5.73 Å². The van der Waals surface area contributed by atoms with E-state index in [-0.39, 0.29) is 0 Å². The second-order valence-electron chi connectivity index (χ2n) is 6.14. The Bertz CT molecular complexity index is 567. The number of nitrogens with zero attached hydrogens (tertiary/aromatic N) is 1. The zero-order valence-corrected chi connectivity index (χ0v) is 13.1. The van der Waals surface area contributed by atoms with Crippen molar-refractivity contribution in [3.8, 4) is 0 Å². The Hall–Kier alpha value is -1.09. The fourth-order valence-electron chi connectivity index (χ4n) is 3.32. The average molecular weight is 288 g/mol. The van der Waals surface area contributed by atoms with Crippen molar-refractivity contribution in [2.45, 2.75) is 57.8 Å². The van der Waals surface area contributed by atoms with Crippen LogP contribution in [0.2, 0.25) is 0 Å². The summed E-state index contributed by atoms with van der Waals surface area (Å²) >= 11 is 1.85. The van der Waals surface area contributed by atoms with Gasteiger partial charge in [0.1, 0.15) is 0 Å². The number of fused-ring (bicyclic) bond motifs is 1. The van der Waals surface area contributed by atoms with Crippen LogP contribution >= 0.6 is 11.3 Å². The number of benzene rings is 1. The number of hydrogen-bond acceptors (Lipinski definition) is 3. The maximum Gasteiger partial charge on any atom is 0.0969 e. The van der Waals surface area contributed by atoms with Gasteiger partial charge in [-0.15, -0.1) is 11.3 Å². The molecule has 0 aliphatic heterocycles. The maximum atomic E-state index is 5.86. The second-order valence-corrected chi connectivity index (χ2v) is 7.20. The molecular weight excluding hydrogens is 264 g/mol. The first-order valence-electron chi connectivity index (χ1n) is 7.92. The lowest BCUT2D eigenvalue weighted by Crippen LogP contribution is -2.13. The van der Waals surface area contributed by atoms with Gasteiger partial charge in [-0.25, -0.2) is 4.98 Å². The first-order valence-corrected chi connectivity index (χ1v) is 8.74. The van der Waals surface area contributed by atoms with E-state index in [1.165, 1.54) is 54.7 Å². The quantitative estimate of drug-likeness (QED) is 0.771. The van der Waals surface area contributed by atoms with Crippen molar-refractivity contribution >= 4 is 27.2 Å². The predicted molar refractivity (Wildman–Crippen MR) is 88.3 cm³/mol. The van der Waals surface area contributed by atoms with Gasteiger partial charge in [0.05, 0.1) is 15.2 Å². The smallest absolute Gasteiger partial charge is 0.0969 e. The van der Waals surface area contributed by atoms with Gasteiger partial charge in [0.25, 0.3) is 0 Å². The molecule has 108 valence electrons. The third-order valence-corrected chi connectivity index (χ3v) is 5.77. The zero-order valence-electron chi connectivity index (χ0n) is 12.3. The number of thiazole rings is 1. The molecule has 1 aromatic carbocycles. The Labute approximate surface area is 125 Å². The first kappa shape index (κ1) is 13.9. The van der Waals surface area contributed by atoms with Crippen LogP contribution in [0.3, 0.4) is 0 Å². The van der Waals surface area contributed by atoms with E-state index in [1.54, 1.807) is 0 Å². The molecule has 0 atom stereocenters. The standard InChI is InChI=1S/C17H24N2S/c1-2-3-4-12-5-7-13(8-6-12)17-19-15-10-9-14(18)11-16(15)20-17/h9-13H,2-8,18H2,1H3. The van der Waals surface area contributed by atoms with Crippen LogP contribution in [0.4, 0.5) is 5.69 Å². The minimum Gasteiger partial charge on any atom is -0.399 e. The highest BCUT2D eigenvalue weighted by molar-refractivity contribution is 7.18. The van der Waals surface area contributed by atoms with Crippen molar-refractivity contribution in [1.29, 1.82) is 0 Å². The van der Waals surface area contributed by atoms with Crippen molar-refractivity contribution in [1.82, 2.24) is 4.98 Å². The Morgan fingerprint density at radius 1 is 1.25 bits per heavy atom. The van der Waals surface area contributed by atoms with E-state index in [9.17, 15) is 0 Å². The van der Waals surface area contributed by atoms with Crippen LogP contribution in [-0.2, 0) is 0 Å². The number of nitrogen functional groups attached to an aromatic ring is 1. The highest BCUT2D eigenvalue weighted by Crippen LogP contribution is 2.40. The van der Waals surface area contributed by atoms with E-state index < -0.39 is 0 Å². The topological polar surface area (TPSA) is 38.9 Å². The highest BCUT2D eigenvalue weighted by Gasteiger charge is 2.24. The second kappa shape index (κ2) is 6.13. The molecule has 0 unspecified atom stereocenters. The van der Waals surface area contributed by atoms with E-state index >= 15 is 0 Å². The number of nitrogens with two attached hydrogens (primary N) is 1. The summed E-state index contributed by atoms with van der Waals surface area (Å²) in [6.07, 6.45) is 9.59. The SMILES string of the molecule is CCCCC1CCC(c2nc3ccc(N)cc3s2)CC1.